The first-order chi connectivity index (χ1) is 10.2. The van der Waals surface area contributed by atoms with E-state index >= 15 is 0 Å². The van der Waals surface area contributed by atoms with E-state index in [2.05, 4.69) is 0 Å². The quantitative estimate of drug-likeness (QED) is 0.406. The van der Waals surface area contributed by atoms with Crippen molar-refractivity contribution in [2.24, 2.45) is 0 Å². The Hall–Kier alpha value is -2.86. The Balaban J connectivity index is 2.06. The molecule has 0 saturated heterocycles. The standard InChI is InChI=1S/C15H9NO5/c17-16(18)15-14(9-4-2-1-3-5-9)11-7-12-10(8-19-21-12)6-13(11)20-15/h1-7H,8H2. The van der Waals surface area contributed by atoms with Crippen molar-refractivity contribution in [2.75, 3.05) is 0 Å². The molecule has 6 nitrogen and oxygen atoms in total. The first kappa shape index (κ1) is 11.9. The Labute approximate surface area is 118 Å². The lowest BCUT2D eigenvalue weighted by Crippen LogP contribution is -1.88. The lowest BCUT2D eigenvalue weighted by molar-refractivity contribution is -0.400. The second-order valence-corrected chi connectivity index (χ2v) is 4.71. The molecular formula is C15H9NO5. The summed E-state index contributed by atoms with van der Waals surface area (Å²) in [4.78, 5) is 20.7. The number of hydrogen-bond acceptors (Lipinski definition) is 5. The fourth-order valence-corrected chi connectivity index (χ4v) is 2.51. The van der Waals surface area contributed by atoms with E-state index in [4.69, 9.17) is 14.2 Å². The number of hydrogen-bond donors (Lipinski definition) is 0. The second-order valence-electron chi connectivity index (χ2n) is 4.71. The van der Waals surface area contributed by atoms with Crippen LogP contribution in [0.25, 0.3) is 22.1 Å². The van der Waals surface area contributed by atoms with Crippen LogP contribution in [0.3, 0.4) is 0 Å². The topological polar surface area (TPSA) is 74.7 Å². The van der Waals surface area contributed by atoms with Crippen LogP contribution >= 0.6 is 0 Å². The molecule has 0 saturated carbocycles. The van der Waals surface area contributed by atoms with Crippen molar-refractivity contribution >= 4 is 16.9 Å². The molecule has 4 rings (SSSR count). The van der Waals surface area contributed by atoms with Gasteiger partial charge in [0.2, 0.25) is 0 Å². The van der Waals surface area contributed by atoms with Gasteiger partial charge in [0, 0.05) is 10.9 Å². The van der Waals surface area contributed by atoms with Gasteiger partial charge in [-0.1, -0.05) is 30.3 Å². The zero-order chi connectivity index (χ0) is 14.4. The van der Waals surface area contributed by atoms with Crippen LogP contribution in [0.1, 0.15) is 5.56 Å². The van der Waals surface area contributed by atoms with Crippen molar-refractivity contribution in [1.82, 2.24) is 0 Å². The molecule has 1 aliphatic rings. The first-order valence-electron chi connectivity index (χ1n) is 6.33. The van der Waals surface area contributed by atoms with E-state index in [1.807, 2.05) is 30.3 Å². The lowest BCUT2D eigenvalue weighted by atomic mass is 10.0. The Morgan fingerprint density at radius 3 is 2.71 bits per heavy atom. The number of nitrogens with zero attached hydrogens (tertiary/aromatic N) is 1. The molecule has 21 heavy (non-hydrogen) atoms. The smallest absolute Gasteiger partial charge is 0.400 e. The highest BCUT2D eigenvalue weighted by Crippen LogP contribution is 2.43. The van der Waals surface area contributed by atoms with Gasteiger partial charge in [-0.15, -0.1) is 0 Å². The van der Waals surface area contributed by atoms with Crippen LogP contribution in [-0.4, -0.2) is 4.92 Å². The Morgan fingerprint density at radius 2 is 1.95 bits per heavy atom. The number of benzene rings is 2. The molecular weight excluding hydrogens is 274 g/mol. The van der Waals surface area contributed by atoms with Gasteiger partial charge < -0.3 is 9.30 Å². The number of furan rings is 1. The fraction of sp³-hybridized carbons (Fsp3) is 0.0667. The Kier molecular flexibility index (Phi) is 2.45. The summed E-state index contributed by atoms with van der Waals surface area (Å²) in [5, 5.41) is 11.9. The molecule has 0 amide bonds. The van der Waals surface area contributed by atoms with Crippen molar-refractivity contribution in [1.29, 1.82) is 0 Å². The summed E-state index contributed by atoms with van der Waals surface area (Å²) in [5.41, 5.74) is 2.44. The summed E-state index contributed by atoms with van der Waals surface area (Å²) in [7, 11) is 0. The molecule has 0 N–H and O–H groups in total. The number of rotatable bonds is 2. The largest absolute Gasteiger partial charge is 0.442 e. The lowest BCUT2D eigenvalue weighted by Gasteiger charge is -1.99. The minimum absolute atomic E-state index is 0.263. The molecule has 104 valence electrons. The average molecular weight is 283 g/mol. The molecule has 2 aromatic carbocycles. The zero-order valence-corrected chi connectivity index (χ0v) is 10.7. The van der Waals surface area contributed by atoms with Gasteiger partial charge in [0.25, 0.3) is 0 Å². The predicted octanol–water partition coefficient (Wildman–Crippen LogP) is 3.83. The van der Waals surface area contributed by atoms with Gasteiger partial charge in [-0.2, -0.15) is 4.89 Å². The van der Waals surface area contributed by atoms with Crippen LogP contribution in [-0.2, 0) is 11.5 Å². The minimum Gasteiger partial charge on any atom is -0.400 e. The Bertz CT molecular complexity index is 853. The van der Waals surface area contributed by atoms with Gasteiger partial charge in [-0.3, -0.25) is 10.1 Å². The predicted molar refractivity (Wildman–Crippen MR) is 73.7 cm³/mol. The maximum atomic E-state index is 11.3. The second kappa shape index (κ2) is 4.32. The summed E-state index contributed by atoms with van der Waals surface area (Å²) in [6, 6.07) is 12.6. The molecule has 0 bridgehead atoms. The molecule has 0 unspecified atom stereocenters. The monoisotopic (exact) mass is 283 g/mol. The highest BCUT2D eigenvalue weighted by molar-refractivity contribution is 5.99. The Morgan fingerprint density at radius 1 is 1.14 bits per heavy atom. The minimum atomic E-state index is -0.509. The molecule has 0 aliphatic carbocycles. The van der Waals surface area contributed by atoms with Gasteiger partial charge in [0.05, 0.1) is 0 Å². The van der Waals surface area contributed by atoms with Crippen LogP contribution in [0, 0.1) is 10.1 Å². The molecule has 2 heterocycles. The van der Waals surface area contributed by atoms with Gasteiger partial charge in [0.1, 0.15) is 22.7 Å². The maximum Gasteiger partial charge on any atom is 0.442 e. The molecule has 0 atom stereocenters. The highest BCUT2D eigenvalue weighted by atomic mass is 17.2. The van der Waals surface area contributed by atoms with Crippen molar-refractivity contribution in [3.8, 4) is 16.9 Å². The van der Waals surface area contributed by atoms with Gasteiger partial charge in [-0.25, -0.2) is 0 Å². The molecule has 3 aromatic rings. The first-order valence-corrected chi connectivity index (χ1v) is 6.33. The van der Waals surface area contributed by atoms with E-state index < -0.39 is 4.92 Å². The molecule has 1 aliphatic heterocycles. The number of fused-ring (bicyclic) bond motifs is 2. The van der Waals surface area contributed by atoms with E-state index in [1.54, 1.807) is 12.1 Å². The van der Waals surface area contributed by atoms with E-state index in [1.165, 1.54) is 0 Å². The van der Waals surface area contributed by atoms with E-state index in [-0.39, 0.29) is 5.88 Å². The van der Waals surface area contributed by atoms with Crippen molar-refractivity contribution < 1.29 is 19.1 Å². The average Bonchev–Trinajstić information content (AvgIpc) is 3.08. The third kappa shape index (κ3) is 1.77. The van der Waals surface area contributed by atoms with Gasteiger partial charge in [0.15, 0.2) is 5.75 Å². The van der Waals surface area contributed by atoms with Crippen LogP contribution in [0.4, 0.5) is 5.88 Å². The summed E-state index contributed by atoms with van der Waals surface area (Å²) in [6.07, 6.45) is 0. The molecule has 1 aromatic heterocycles. The highest BCUT2D eigenvalue weighted by Gasteiger charge is 2.27. The normalized spacial score (nSPS) is 13.1. The summed E-state index contributed by atoms with van der Waals surface area (Å²) < 4.78 is 5.43. The summed E-state index contributed by atoms with van der Waals surface area (Å²) in [5.74, 6) is 0.302. The maximum absolute atomic E-state index is 11.3. The van der Waals surface area contributed by atoms with Crippen LogP contribution < -0.4 is 4.89 Å². The molecule has 0 fully saturated rings. The third-order valence-corrected chi connectivity index (χ3v) is 3.44. The van der Waals surface area contributed by atoms with Gasteiger partial charge >= 0.3 is 5.88 Å². The van der Waals surface area contributed by atoms with Crippen molar-refractivity contribution in [2.45, 2.75) is 6.61 Å². The van der Waals surface area contributed by atoms with E-state index in [9.17, 15) is 10.1 Å². The fourth-order valence-electron chi connectivity index (χ4n) is 2.51. The molecule has 0 radical (unpaired) electrons. The number of nitro groups is 1. The van der Waals surface area contributed by atoms with Gasteiger partial charge in [-0.05, 0) is 17.7 Å². The molecule has 6 heteroatoms. The van der Waals surface area contributed by atoms with Crippen LogP contribution in [0.2, 0.25) is 0 Å². The van der Waals surface area contributed by atoms with Crippen LogP contribution in [0.15, 0.2) is 46.9 Å². The van der Waals surface area contributed by atoms with E-state index in [0.717, 1.165) is 11.1 Å². The third-order valence-electron chi connectivity index (χ3n) is 3.44. The van der Waals surface area contributed by atoms with E-state index in [0.29, 0.717) is 28.9 Å². The summed E-state index contributed by atoms with van der Waals surface area (Å²) in [6.45, 7) is 0.306. The van der Waals surface area contributed by atoms with Crippen LogP contribution in [0.5, 0.6) is 5.75 Å². The van der Waals surface area contributed by atoms with Crippen molar-refractivity contribution in [3.63, 3.8) is 0 Å². The SMILES string of the molecule is O=[N+]([O-])c1oc2cc3c(cc2c1-c1ccccc1)OOC3. The molecule has 0 spiro atoms. The summed E-state index contributed by atoms with van der Waals surface area (Å²) >= 11 is 0. The zero-order valence-electron chi connectivity index (χ0n) is 10.7. The van der Waals surface area contributed by atoms with Crippen molar-refractivity contribution in [3.05, 3.63) is 58.1 Å².